The number of aryl methyl sites for hydroxylation is 1. The van der Waals surface area contributed by atoms with Gasteiger partial charge in [0.15, 0.2) is 0 Å². The van der Waals surface area contributed by atoms with Gasteiger partial charge < -0.3 is 10.8 Å². The van der Waals surface area contributed by atoms with E-state index in [0.29, 0.717) is 12.3 Å². The fourth-order valence-corrected chi connectivity index (χ4v) is 1.91. The summed E-state index contributed by atoms with van der Waals surface area (Å²) in [6, 6.07) is 0. The summed E-state index contributed by atoms with van der Waals surface area (Å²) in [5.74, 6) is 0.529. The summed E-state index contributed by atoms with van der Waals surface area (Å²) in [4.78, 5) is 10.8. The van der Waals surface area contributed by atoms with E-state index in [2.05, 4.69) is 5.10 Å². The van der Waals surface area contributed by atoms with Crippen molar-refractivity contribution in [1.29, 1.82) is 0 Å². The average molecular weight is 215 g/mol. The number of hydrogen-bond acceptors (Lipinski definition) is 4. The van der Waals surface area contributed by atoms with E-state index in [1.165, 1.54) is 6.20 Å². The van der Waals surface area contributed by atoms with Crippen LogP contribution in [0.3, 0.4) is 0 Å². The van der Waals surface area contributed by atoms with E-state index in [-0.39, 0.29) is 5.56 Å². The third kappa shape index (κ3) is 2.49. The summed E-state index contributed by atoms with van der Waals surface area (Å²) in [6.45, 7) is 0.602. The largest absolute Gasteiger partial charge is 0.478 e. The van der Waals surface area contributed by atoms with Crippen LogP contribution in [0.2, 0.25) is 0 Å². The van der Waals surface area contributed by atoms with Crippen molar-refractivity contribution in [2.75, 3.05) is 12.3 Å². The van der Waals surface area contributed by atoms with Crippen LogP contribution in [0.4, 0.5) is 0 Å². The van der Waals surface area contributed by atoms with Crippen molar-refractivity contribution in [1.82, 2.24) is 9.78 Å². The van der Waals surface area contributed by atoms with Crippen LogP contribution in [0.25, 0.3) is 0 Å². The van der Waals surface area contributed by atoms with E-state index < -0.39 is 5.97 Å². The quantitative estimate of drug-likeness (QED) is 0.691. The highest BCUT2D eigenvalue weighted by Gasteiger charge is 2.14. The molecule has 0 aliphatic carbocycles. The van der Waals surface area contributed by atoms with Crippen LogP contribution in [-0.4, -0.2) is 33.2 Å². The molecule has 0 fully saturated rings. The summed E-state index contributed by atoms with van der Waals surface area (Å²) in [6.07, 6.45) is 1.38. The van der Waals surface area contributed by atoms with Crippen LogP contribution in [0.15, 0.2) is 6.20 Å². The van der Waals surface area contributed by atoms with E-state index in [1.54, 1.807) is 23.5 Å². The van der Waals surface area contributed by atoms with Crippen molar-refractivity contribution in [2.24, 2.45) is 12.8 Å². The molecule has 0 unspecified atom stereocenters. The molecule has 0 radical (unpaired) electrons. The molecule has 0 aliphatic rings. The number of hydrogen-bond donors (Lipinski definition) is 2. The van der Waals surface area contributed by atoms with Gasteiger partial charge in [-0.3, -0.25) is 4.68 Å². The van der Waals surface area contributed by atoms with E-state index in [1.807, 2.05) is 0 Å². The van der Waals surface area contributed by atoms with E-state index in [4.69, 9.17) is 10.8 Å². The van der Waals surface area contributed by atoms with Crippen molar-refractivity contribution in [3.8, 4) is 0 Å². The smallest absolute Gasteiger partial charge is 0.339 e. The molecule has 1 aromatic heterocycles. The fraction of sp³-hybridized carbons (Fsp3) is 0.500. The molecule has 5 nitrogen and oxygen atoms in total. The molecule has 6 heteroatoms. The molecule has 0 bridgehead atoms. The maximum absolute atomic E-state index is 10.8. The zero-order valence-corrected chi connectivity index (χ0v) is 8.75. The zero-order chi connectivity index (χ0) is 10.6. The molecule has 0 aromatic carbocycles. The summed E-state index contributed by atoms with van der Waals surface area (Å²) < 4.78 is 1.59. The molecule has 0 spiro atoms. The Morgan fingerprint density at radius 1 is 1.79 bits per heavy atom. The maximum Gasteiger partial charge on any atom is 0.339 e. The van der Waals surface area contributed by atoms with Crippen LogP contribution in [0.1, 0.15) is 16.1 Å². The van der Waals surface area contributed by atoms with Gasteiger partial charge in [-0.05, 0) is 0 Å². The third-order valence-electron chi connectivity index (χ3n) is 1.79. The topological polar surface area (TPSA) is 81.1 Å². The van der Waals surface area contributed by atoms with Crippen LogP contribution >= 0.6 is 11.8 Å². The molecule has 1 rings (SSSR count). The Hall–Kier alpha value is -1.01. The lowest BCUT2D eigenvalue weighted by atomic mass is 10.3. The Bertz CT molecular complexity index is 324. The zero-order valence-electron chi connectivity index (χ0n) is 7.93. The van der Waals surface area contributed by atoms with Gasteiger partial charge in [0.2, 0.25) is 0 Å². The molecular formula is C8H13N3O2S. The van der Waals surface area contributed by atoms with Gasteiger partial charge in [-0.25, -0.2) is 4.79 Å². The molecule has 1 aromatic rings. The lowest BCUT2D eigenvalue weighted by molar-refractivity contribution is 0.0696. The van der Waals surface area contributed by atoms with Gasteiger partial charge in [0.05, 0.1) is 11.9 Å². The van der Waals surface area contributed by atoms with E-state index in [0.717, 1.165) is 11.4 Å². The van der Waals surface area contributed by atoms with E-state index in [9.17, 15) is 4.79 Å². The molecule has 14 heavy (non-hydrogen) atoms. The first-order valence-electron chi connectivity index (χ1n) is 4.18. The van der Waals surface area contributed by atoms with Gasteiger partial charge in [-0.15, -0.1) is 0 Å². The number of rotatable bonds is 5. The second-order valence-electron chi connectivity index (χ2n) is 2.77. The number of nitrogens with two attached hydrogens (primary N) is 1. The fourth-order valence-electron chi connectivity index (χ4n) is 1.06. The molecule has 0 atom stereocenters. The molecule has 0 aliphatic heterocycles. The number of carboxylic acids is 1. The van der Waals surface area contributed by atoms with E-state index >= 15 is 0 Å². The number of nitrogens with zero attached hydrogens (tertiary/aromatic N) is 2. The standard InChI is InChI=1S/C8H13N3O2S/c1-11-7(5-14-3-2-9)6(4-10-11)8(12)13/h4H,2-3,5,9H2,1H3,(H,12,13). The maximum atomic E-state index is 10.8. The van der Waals surface area contributed by atoms with Crippen molar-refractivity contribution in [3.05, 3.63) is 17.5 Å². The second-order valence-corrected chi connectivity index (χ2v) is 3.88. The van der Waals surface area contributed by atoms with Crippen molar-refractivity contribution in [3.63, 3.8) is 0 Å². The van der Waals surface area contributed by atoms with Gasteiger partial charge in [-0.1, -0.05) is 0 Å². The van der Waals surface area contributed by atoms with Crippen molar-refractivity contribution in [2.45, 2.75) is 5.75 Å². The lowest BCUT2D eigenvalue weighted by Gasteiger charge is -2.02. The number of aromatic carboxylic acids is 1. The van der Waals surface area contributed by atoms with Gasteiger partial charge in [0.25, 0.3) is 0 Å². The molecular weight excluding hydrogens is 202 g/mol. The predicted molar refractivity (Wildman–Crippen MR) is 55.4 cm³/mol. The monoisotopic (exact) mass is 215 g/mol. The number of carboxylic acid groups (broad SMARTS) is 1. The third-order valence-corrected chi connectivity index (χ3v) is 2.79. The van der Waals surface area contributed by atoms with Crippen LogP contribution < -0.4 is 5.73 Å². The summed E-state index contributed by atoms with van der Waals surface area (Å²) in [5.41, 5.74) is 6.35. The summed E-state index contributed by atoms with van der Waals surface area (Å²) >= 11 is 1.61. The van der Waals surface area contributed by atoms with Crippen molar-refractivity contribution < 1.29 is 9.90 Å². The first kappa shape index (κ1) is 11.1. The molecule has 1 heterocycles. The number of aromatic nitrogens is 2. The van der Waals surface area contributed by atoms with Gasteiger partial charge in [0.1, 0.15) is 5.56 Å². The Balaban J connectivity index is 2.72. The minimum Gasteiger partial charge on any atom is -0.478 e. The number of carbonyl (C=O) groups is 1. The lowest BCUT2D eigenvalue weighted by Crippen LogP contribution is -2.06. The highest BCUT2D eigenvalue weighted by molar-refractivity contribution is 7.98. The van der Waals surface area contributed by atoms with Crippen LogP contribution in [0.5, 0.6) is 0 Å². The predicted octanol–water partition coefficient (Wildman–Crippen LogP) is 0.310. The van der Waals surface area contributed by atoms with Crippen molar-refractivity contribution >= 4 is 17.7 Å². The SMILES string of the molecule is Cn1ncc(C(=O)O)c1CSCCN. The van der Waals surface area contributed by atoms with Crippen LogP contribution in [-0.2, 0) is 12.8 Å². The first-order valence-corrected chi connectivity index (χ1v) is 5.34. The van der Waals surface area contributed by atoms with Crippen LogP contribution in [0, 0.1) is 0 Å². The Kier molecular flexibility index (Phi) is 3.97. The molecule has 78 valence electrons. The highest BCUT2D eigenvalue weighted by Crippen LogP contribution is 2.15. The number of thioether (sulfide) groups is 1. The molecule has 3 N–H and O–H groups in total. The summed E-state index contributed by atoms with van der Waals surface area (Å²) in [5, 5.41) is 12.8. The Labute approximate surface area is 86.3 Å². The minimum absolute atomic E-state index is 0.275. The highest BCUT2D eigenvalue weighted by atomic mass is 32.2. The Morgan fingerprint density at radius 3 is 3.07 bits per heavy atom. The van der Waals surface area contributed by atoms with Gasteiger partial charge >= 0.3 is 5.97 Å². The summed E-state index contributed by atoms with van der Waals surface area (Å²) in [7, 11) is 1.74. The molecule has 0 amide bonds. The molecule has 0 saturated heterocycles. The Morgan fingerprint density at radius 2 is 2.50 bits per heavy atom. The average Bonchev–Trinajstić information content (AvgIpc) is 2.48. The first-order chi connectivity index (χ1) is 6.66. The normalized spacial score (nSPS) is 10.4. The molecule has 0 saturated carbocycles. The minimum atomic E-state index is -0.929. The van der Waals surface area contributed by atoms with Gasteiger partial charge in [-0.2, -0.15) is 16.9 Å². The second kappa shape index (κ2) is 5.02. The van der Waals surface area contributed by atoms with Gasteiger partial charge in [0, 0.05) is 25.1 Å².